The number of hydrogen-bond acceptors (Lipinski definition) is 3. The molecule has 3 nitrogen and oxygen atoms in total. The van der Waals surface area contributed by atoms with Crippen molar-refractivity contribution in [1.29, 1.82) is 0 Å². The molecule has 0 aliphatic carbocycles. The fourth-order valence-electron chi connectivity index (χ4n) is 2.20. The molecule has 2 N–H and O–H groups in total. The van der Waals surface area contributed by atoms with Crippen LogP contribution in [0.3, 0.4) is 0 Å². The molecule has 0 radical (unpaired) electrons. The molecule has 0 fully saturated rings. The third-order valence-electron chi connectivity index (χ3n) is 3.21. The van der Waals surface area contributed by atoms with Gasteiger partial charge in [0.05, 0.1) is 12.3 Å². The summed E-state index contributed by atoms with van der Waals surface area (Å²) in [5.74, 6) is 0.970. The Morgan fingerprint density at radius 1 is 1.38 bits per heavy atom. The van der Waals surface area contributed by atoms with E-state index in [9.17, 15) is 0 Å². The molecule has 16 heavy (non-hydrogen) atoms. The summed E-state index contributed by atoms with van der Waals surface area (Å²) in [5, 5.41) is 0. The molecule has 92 valence electrons. The molecule has 1 heterocycles. The van der Waals surface area contributed by atoms with Crippen LogP contribution in [0, 0.1) is 0 Å². The van der Waals surface area contributed by atoms with E-state index in [4.69, 9.17) is 10.2 Å². The average Bonchev–Trinajstić information content (AvgIpc) is 2.77. The Kier molecular flexibility index (Phi) is 5.03. The molecular weight excluding hydrogens is 200 g/mol. The molecule has 0 aliphatic heterocycles. The highest BCUT2D eigenvalue weighted by Gasteiger charge is 2.27. The minimum Gasteiger partial charge on any atom is -0.468 e. The van der Waals surface area contributed by atoms with E-state index in [1.807, 2.05) is 19.1 Å². The third-order valence-corrected chi connectivity index (χ3v) is 3.21. The smallest absolute Gasteiger partial charge is 0.122 e. The van der Waals surface area contributed by atoms with E-state index in [1.54, 1.807) is 6.26 Å². The molecule has 0 spiro atoms. The van der Waals surface area contributed by atoms with E-state index in [2.05, 4.69) is 25.7 Å². The van der Waals surface area contributed by atoms with Crippen LogP contribution in [0.1, 0.15) is 45.9 Å². The van der Waals surface area contributed by atoms with Gasteiger partial charge in [0.1, 0.15) is 5.76 Å². The SMILES string of the molecule is CCC(C)N(CC)C(c1ccco1)C(C)N. The molecule has 1 aromatic rings. The lowest BCUT2D eigenvalue weighted by molar-refractivity contribution is 0.114. The van der Waals surface area contributed by atoms with E-state index < -0.39 is 0 Å². The van der Waals surface area contributed by atoms with Gasteiger partial charge in [-0.2, -0.15) is 0 Å². The first-order valence-electron chi connectivity index (χ1n) is 6.16. The van der Waals surface area contributed by atoms with Crippen molar-refractivity contribution in [3.8, 4) is 0 Å². The maximum absolute atomic E-state index is 6.10. The van der Waals surface area contributed by atoms with Crippen LogP contribution in [-0.4, -0.2) is 23.5 Å². The van der Waals surface area contributed by atoms with Crippen LogP contribution in [0.15, 0.2) is 22.8 Å². The summed E-state index contributed by atoms with van der Waals surface area (Å²) < 4.78 is 5.51. The van der Waals surface area contributed by atoms with Gasteiger partial charge in [0.2, 0.25) is 0 Å². The van der Waals surface area contributed by atoms with Gasteiger partial charge in [0.15, 0.2) is 0 Å². The lowest BCUT2D eigenvalue weighted by Gasteiger charge is -2.36. The number of hydrogen-bond donors (Lipinski definition) is 1. The van der Waals surface area contributed by atoms with Crippen molar-refractivity contribution in [2.24, 2.45) is 5.73 Å². The average molecular weight is 224 g/mol. The fraction of sp³-hybridized carbons (Fsp3) is 0.692. The van der Waals surface area contributed by atoms with E-state index in [1.165, 1.54) is 0 Å². The number of nitrogens with zero attached hydrogens (tertiary/aromatic N) is 1. The maximum atomic E-state index is 6.10. The summed E-state index contributed by atoms with van der Waals surface area (Å²) in [7, 11) is 0. The predicted octanol–water partition coefficient (Wildman–Crippen LogP) is 2.79. The van der Waals surface area contributed by atoms with Crippen LogP contribution in [0.5, 0.6) is 0 Å². The molecule has 0 saturated heterocycles. The Labute approximate surface area is 98.6 Å². The van der Waals surface area contributed by atoms with Crippen molar-refractivity contribution in [2.45, 2.75) is 52.2 Å². The quantitative estimate of drug-likeness (QED) is 0.808. The first kappa shape index (κ1) is 13.3. The van der Waals surface area contributed by atoms with Crippen molar-refractivity contribution in [3.63, 3.8) is 0 Å². The zero-order chi connectivity index (χ0) is 12.1. The summed E-state index contributed by atoms with van der Waals surface area (Å²) in [6.45, 7) is 9.64. The summed E-state index contributed by atoms with van der Waals surface area (Å²) in [5.41, 5.74) is 6.10. The normalized spacial score (nSPS) is 17.4. The van der Waals surface area contributed by atoms with Crippen molar-refractivity contribution in [1.82, 2.24) is 4.90 Å². The van der Waals surface area contributed by atoms with Crippen LogP contribution >= 0.6 is 0 Å². The monoisotopic (exact) mass is 224 g/mol. The van der Waals surface area contributed by atoms with Crippen LogP contribution in [0.4, 0.5) is 0 Å². The molecule has 3 heteroatoms. The molecule has 1 rings (SSSR count). The van der Waals surface area contributed by atoms with Crippen LogP contribution < -0.4 is 5.73 Å². The Balaban J connectivity index is 2.92. The van der Waals surface area contributed by atoms with Gasteiger partial charge in [-0.1, -0.05) is 13.8 Å². The molecule has 3 unspecified atom stereocenters. The second-order valence-corrected chi connectivity index (χ2v) is 4.41. The topological polar surface area (TPSA) is 42.4 Å². The van der Waals surface area contributed by atoms with Gasteiger partial charge in [0.25, 0.3) is 0 Å². The zero-order valence-corrected chi connectivity index (χ0v) is 10.8. The van der Waals surface area contributed by atoms with Crippen LogP contribution in [-0.2, 0) is 0 Å². The Morgan fingerprint density at radius 3 is 2.44 bits per heavy atom. The minimum atomic E-state index is 0.0695. The summed E-state index contributed by atoms with van der Waals surface area (Å²) in [4.78, 5) is 2.41. The summed E-state index contributed by atoms with van der Waals surface area (Å²) in [6, 6.07) is 4.70. The lowest BCUT2D eigenvalue weighted by Crippen LogP contribution is -2.43. The van der Waals surface area contributed by atoms with Gasteiger partial charge in [-0.3, -0.25) is 4.90 Å². The van der Waals surface area contributed by atoms with Crippen LogP contribution in [0.2, 0.25) is 0 Å². The standard InChI is InChI=1S/C13H24N2O/c1-5-10(3)15(6-2)13(11(4)14)12-8-7-9-16-12/h7-11,13H,5-6,14H2,1-4H3. The number of nitrogens with two attached hydrogens (primary N) is 1. The number of furan rings is 1. The maximum Gasteiger partial charge on any atom is 0.122 e. The van der Waals surface area contributed by atoms with E-state index in [0.717, 1.165) is 18.7 Å². The summed E-state index contributed by atoms with van der Waals surface area (Å²) >= 11 is 0. The van der Waals surface area contributed by atoms with E-state index >= 15 is 0 Å². The van der Waals surface area contributed by atoms with Gasteiger partial charge in [-0.05, 0) is 38.9 Å². The molecule has 0 saturated carbocycles. The highest BCUT2D eigenvalue weighted by molar-refractivity contribution is 5.07. The van der Waals surface area contributed by atoms with Gasteiger partial charge in [-0.15, -0.1) is 0 Å². The van der Waals surface area contributed by atoms with Crippen molar-refractivity contribution in [2.75, 3.05) is 6.54 Å². The number of likely N-dealkylation sites (N-methyl/N-ethyl adjacent to an activating group) is 1. The molecule has 0 amide bonds. The molecule has 0 bridgehead atoms. The van der Waals surface area contributed by atoms with E-state index in [-0.39, 0.29) is 12.1 Å². The van der Waals surface area contributed by atoms with Gasteiger partial charge in [-0.25, -0.2) is 0 Å². The fourth-order valence-corrected chi connectivity index (χ4v) is 2.20. The Morgan fingerprint density at radius 2 is 2.06 bits per heavy atom. The van der Waals surface area contributed by atoms with Crippen molar-refractivity contribution in [3.05, 3.63) is 24.2 Å². The molecule has 0 aliphatic rings. The van der Waals surface area contributed by atoms with Gasteiger partial charge < -0.3 is 10.2 Å². The number of rotatable bonds is 6. The largest absolute Gasteiger partial charge is 0.468 e. The molecular formula is C13H24N2O. The van der Waals surface area contributed by atoms with E-state index in [0.29, 0.717) is 6.04 Å². The highest BCUT2D eigenvalue weighted by atomic mass is 16.3. The highest BCUT2D eigenvalue weighted by Crippen LogP contribution is 2.26. The van der Waals surface area contributed by atoms with Gasteiger partial charge >= 0.3 is 0 Å². The Bertz CT molecular complexity index is 282. The Hall–Kier alpha value is -0.800. The third kappa shape index (κ3) is 2.86. The second-order valence-electron chi connectivity index (χ2n) is 4.41. The first-order chi connectivity index (χ1) is 7.61. The summed E-state index contributed by atoms with van der Waals surface area (Å²) in [6.07, 6.45) is 2.84. The minimum absolute atomic E-state index is 0.0695. The van der Waals surface area contributed by atoms with Crippen molar-refractivity contribution >= 4 is 0 Å². The molecule has 0 aromatic carbocycles. The first-order valence-corrected chi connectivity index (χ1v) is 6.16. The molecule has 3 atom stereocenters. The van der Waals surface area contributed by atoms with Crippen LogP contribution in [0.25, 0.3) is 0 Å². The lowest BCUT2D eigenvalue weighted by atomic mass is 10.0. The van der Waals surface area contributed by atoms with Gasteiger partial charge in [0, 0.05) is 12.1 Å². The predicted molar refractivity (Wildman–Crippen MR) is 67.2 cm³/mol. The molecule has 1 aromatic heterocycles. The van der Waals surface area contributed by atoms with Crippen molar-refractivity contribution < 1.29 is 4.42 Å². The zero-order valence-electron chi connectivity index (χ0n) is 10.8. The second kappa shape index (κ2) is 6.06.